The smallest absolute Gasteiger partial charge is 0.157 e. The number of rotatable bonds is 3. The average molecular weight is 283 g/mol. The Labute approximate surface area is 120 Å². The van der Waals surface area contributed by atoms with Gasteiger partial charge in [0.2, 0.25) is 0 Å². The Balaban J connectivity index is 1.70. The SMILES string of the molecule is CCn1cc(OC2CC(Cl)C23CCCCCC3)cn1. The number of halogens is 1. The quantitative estimate of drug-likeness (QED) is 0.784. The van der Waals surface area contributed by atoms with Crippen LogP contribution < -0.4 is 4.74 Å². The zero-order valence-corrected chi connectivity index (χ0v) is 12.4. The van der Waals surface area contributed by atoms with Gasteiger partial charge in [0.05, 0.1) is 12.4 Å². The molecule has 2 unspecified atom stereocenters. The molecule has 3 nitrogen and oxygen atoms in total. The third kappa shape index (κ3) is 2.37. The van der Waals surface area contributed by atoms with E-state index in [9.17, 15) is 0 Å². The van der Waals surface area contributed by atoms with E-state index in [4.69, 9.17) is 16.3 Å². The Morgan fingerprint density at radius 2 is 2.11 bits per heavy atom. The van der Waals surface area contributed by atoms with Crippen LogP contribution in [-0.4, -0.2) is 21.3 Å². The topological polar surface area (TPSA) is 27.1 Å². The molecule has 2 atom stereocenters. The normalized spacial score (nSPS) is 29.8. The van der Waals surface area contributed by atoms with Crippen LogP contribution in [0.5, 0.6) is 5.75 Å². The average Bonchev–Trinajstić information content (AvgIpc) is 2.71. The first kappa shape index (κ1) is 13.3. The van der Waals surface area contributed by atoms with Crippen LogP contribution in [0.3, 0.4) is 0 Å². The lowest BCUT2D eigenvalue weighted by molar-refractivity contribution is -0.0513. The second kappa shape index (κ2) is 5.35. The van der Waals surface area contributed by atoms with Crippen LogP contribution in [0.15, 0.2) is 12.4 Å². The predicted molar refractivity (Wildman–Crippen MR) is 76.7 cm³/mol. The molecule has 1 spiro atoms. The molecule has 106 valence electrons. The highest BCUT2D eigenvalue weighted by Crippen LogP contribution is 2.54. The number of ether oxygens (including phenoxy) is 1. The van der Waals surface area contributed by atoms with Crippen LogP contribution in [-0.2, 0) is 6.54 Å². The number of hydrogen-bond donors (Lipinski definition) is 0. The third-order valence-electron chi connectivity index (χ3n) is 4.93. The first-order valence-electron chi connectivity index (χ1n) is 7.58. The van der Waals surface area contributed by atoms with E-state index in [1.165, 1.54) is 38.5 Å². The molecule has 1 aromatic rings. The van der Waals surface area contributed by atoms with Crippen molar-refractivity contribution in [2.24, 2.45) is 5.41 Å². The molecule has 4 heteroatoms. The maximum absolute atomic E-state index is 6.55. The van der Waals surface area contributed by atoms with Crippen molar-refractivity contribution in [3.63, 3.8) is 0 Å². The van der Waals surface area contributed by atoms with Gasteiger partial charge in [-0.15, -0.1) is 11.6 Å². The van der Waals surface area contributed by atoms with Crippen molar-refractivity contribution in [1.29, 1.82) is 0 Å². The Kier molecular flexibility index (Phi) is 3.75. The zero-order chi connectivity index (χ0) is 13.3. The molecule has 0 bridgehead atoms. The van der Waals surface area contributed by atoms with Crippen molar-refractivity contribution in [3.05, 3.63) is 12.4 Å². The highest BCUT2D eigenvalue weighted by Gasteiger charge is 2.55. The molecule has 2 aliphatic rings. The Bertz CT molecular complexity index is 424. The Morgan fingerprint density at radius 1 is 1.37 bits per heavy atom. The largest absolute Gasteiger partial charge is 0.486 e. The summed E-state index contributed by atoms with van der Waals surface area (Å²) >= 11 is 6.55. The van der Waals surface area contributed by atoms with Gasteiger partial charge in [-0.3, -0.25) is 4.68 Å². The Hall–Kier alpha value is -0.700. The van der Waals surface area contributed by atoms with Crippen molar-refractivity contribution >= 4 is 11.6 Å². The summed E-state index contributed by atoms with van der Waals surface area (Å²) in [5.74, 6) is 0.902. The fraction of sp³-hybridized carbons (Fsp3) is 0.800. The molecule has 0 N–H and O–H groups in total. The minimum Gasteiger partial charge on any atom is -0.486 e. The molecule has 0 aromatic carbocycles. The number of alkyl halides is 1. The van der Waals surface area contributed by atoms with Gasteiger partial charge in [0.25, 0.3) is 0 Å². The van der Waals surface area contributed by atoms with Crippen molar-refractivity contribution in [2.45, 2.75) is 69.9 Å². The molecule has 2 fully saturated rings. The van der Waals surface area contributed by atoms with E-state index in [0.29, 0.717) is 11.5 Å². The number of nitrogens with zero attached hydrogens (tertiary/aromatic N) is 2. The summed E-state index contributed by atoms with van der Waals surface area (Å²) in [6, 6.07) is 0. The zero-order valence-electron chi connectivity index (χ0n) is 11.6. The van der Waals surface area contributed by atoms with Crippen molar-refractivity contribution in [3.8, 4) is 5.75 Å². The Morgan fingerprint density at radius 3 is 2.68 bits per heavy atom. The summed E-state index contributed by atoms with van der Waals surface area (Å²) in [6.45, 7) is 2.97. The van der Waals surface area contributed by atoms with Crippen LogP contribution in [0.25, 0.3) is 0 Å². The highest BCUT2D eigenvalue weighted by molar-refractivity contribution is 6.21. The lowest BCUT2D eigenvalue weighted by Gasteiger charge is -2.52. The second-order valence-electron chi connectivity index (χ2n) is 5.99. The summed E-state index contributed by atoms with van der Waals surface area (Å²) in [5.41, 5.74) is 0.229. The number of aromatic nitrogens is 2. The molecular formula is C15H23ClN2O. The summed E-state index contributed by atoms with van der Waals surface area (Å²) in [6.07, 6.45) is 12.9. The van der Waals surface area contributed by atoms with Gasteiger partial charge in [0.15, 0.2) is 5.75 Å². The first-order chi connectivity index (χ1) is 9.24. The molecule has 2 aliphatic carbocycles. The maximum atomic E-state index is 6.55. The predicted octanol–water partition coefficient (Wildman–Crippen LogP) is 4.00. The lowest BCUT2D eigenvalue weighted by Crippen LogP contribution is -2.57. The summed E-state index contributed by atoms with van der Waals surface area (Å²) in [4.78, 5) is 0. The van der Waals surface area contributed by atoms with Gasteiger partial charge < -0.3 is 4.74 Å². The van der Waals surface area contributed by atoms with Crippen LogP contribution in [0.1, 0.15) is 51.9 Å². The van der Waals surface area contributed by atoms with Crippen LogP contribution >= 0.6 is 11.6 Å². The van der Waals surface area contributed by atoms with Crippen molar-refractivity contribution in [1.82, 2.24) is 9.78 Å². The molecule has 1 heterocycles. The van der Waals surface area contributed by atoms with E-state index in [0.717, 1.165) is 18.7 Å². The molecule has 3 rings (SSSR count). The van der Waals surface area contributed by atoms with Gasteiger partial charge in [-0.05, 0) is 19.8 Å². The van der Waals surface area contributed by atoms with E-state index in [1.54, 1.807) is 0 Å². The van der Waals surface area contributed by atoms with Crippen molar-refractivity contribution < 1.29 is 4.74 Å². The van der Waals surface area contributed by atoms with Gasteiger partial charge in [-0.25, -0.2) is 0 Å². The van der Waals surface area contributed by atoms with E-state index in [-0.39, 0.29) is 5.41 Å². The summed E-state index contributed by atoms with van der Waals surface area (Å²) in [5, 5.41) is 4.58. The van der Waals surface area contributed by atoms with Crippen LogP contribution in [0.4, 0.5) is 0 Å². The molecular weight excluding hydrogens is 260 g/mol. The van der Waals surface area contributed by atoms with Crippen LogP contribution in [0, 0.1) is 5.41 Å². The molecule has 0 amide bonds. The van der Waals surface area contributed by atoms with Gasteiger partial charge in [-0.1, -0.05) is 25.7 Å². The fourth-order valence-corrected chi connectivity index (χ4v) is 4.15. The molecule has 2 saturated carbocycles. The van der Waals surface area contributed by atoms with Gasteiger partial charge >= 0.3 is 0 Å². The number of aryl methyl sites for hydroxylation is 1. The van der Waals surface area contributed by atoms with Gasteiger partial charge in [0.1, 0.15) is 6.10 Å². The number of hydrogen-bond acceptors (Lipinski definition) is 2. The van der Waals surface area contributed by atoms with Crippen LogP contribution in [0.2, 0.25) is 0 Å². The summed E-state index contributed by atoms with van der Waals surface area (Å²) < 4.78 is 8.09. The summed E-state index contributed by atoms with van der Waals surface area (Å²) in [7, 11) is 0. The van der Waals surface area contributed by atoms with Gasteiger partial charge in [-0.2, -0.15) is 5.10 Å². The third-order valence-corrected chi connectivity index (χ3v) is 5.55. The van der Waals surface area contributed by atoms with Gasteiger partial charge in [0, 0.05) is 23.8 Å². The molecule has 19 heavy (non-hydrogen) atoms. The monoisotopic (exact) mass is 282 g/mol. The van der Waals surface area contributed by atoms with E-state index in [1.807, 2.05) is 17.1 Å². The standard InChI is InChI=1S/C15H23ClN2O/c1-2-18-11-12(10-17-18)19-14-9-13(16)15(14)7-5-3-4-6-8-15/h10-11,13-14H,2-9H2,1H3. The van der Waals surface area contributed by atoms with E-state index in [2.05, 4.69) is 12.0 Å². The molecule has 0 radical (unpaired) electrons. The molecule has 0 aliphatic heterocycles. The second-order valence-corrected chi connectivity index (χ2v) is 6.52. The molecule has 1 aromatic heterocycles. The van der Waals surface area contributed by atoms with E-state index < -0.39 is 0 Å². The minimum absolute atomic E-state index is 0.229. The lowest BCUT2D eigenvalue weighted by atomic mass is 9.61. The molecule has 0 saturated heterocycles. The maximum Gasteiger partial charge on any atom is 0.157 e. The first-order valence-corrected chi connectivity index (χ1v) is 8.01. The fourth-order valence-electron chi connectivity index (χ4n) is 3.63. The minimum atomic E-state index is 0.229. The van der Waals surface area contributed by atoms with Crippen molar-refractivity contribution in [2.75, 3.05) is 0 Å². The highest BCUT2D eigenvalue weighted by atomic mass is 35.5. The van der Waals surface area contributed by atoms with E-state index >= 15 is 0 Å².